The number of carboxylic acids is 1. The van der Waals surface area contributed by atoms with Gasteiger partial charge in [-0.2, -0.15) is 13.2 Å². The molecule has 0 heterocycles. The van der Waals surface area contributed by atoms with Crippen LogP contribution in [0, 0.1) is 0 Å². The molecule has 0 aromatic heterocycles. The Morgan fingerprint density at radius 1 is 1.37 bits per heavy atom. The number of halogens is 3. The summed E-state index contributed by atoms with van der Waals surface area (Å²) in [4.78, 5) is 22.4. The van der Waals surface area contributed by atoms with E-state index in [4.69, 9.17) is 5.11 Å². The van der Waals surface area contributed by atoms with Crippen molar-refractivity contribution in [1.29, 1.82) is 0 Å². The highest BCUT2D eigenvalue weighted by Gasteiger charge is 2.31. The maximum atomic E-state index is 12.5. The van der Waals surface area contributed by atoms with Crippen molar-refractivity contribution in [2.45, 2.75) is 25.6 Å². The molecule has 0 saturated heterocycles. The summed E-state index contributed by atoms with van der Waals surface area (Å²) in [5, 5.41) is 10.9. The molecule has 1 amide bonds. The van der Waals surface area contributed by atoms with E-state index in [0.717, 1.165) is 12.1 Å². The molecule has 0 spiro atoms. The number of benzene rings is 1. The lowest BCUT2D eigenvalue weighted by Crippen LogP contribution is -2.40. The van der Waals surface area contributed by atoms with Gasteiger partial charge in [-0.05, 0) is 24.6 Å². The third kappa shape index (κ3) is 3.97. The molecule has 1 unspecified atom stereocenters. The lowest BCUT2D eigenvalue weighted by Gasteiger charge is -2.13. The number of aliphatic carboxylic acids is 1. The van der Waals surface area contributed by atoms with E-state index in [2.05, 4.69) is 5.32 Å². The second-order valence-electron chi connectivity index (χ2n) is 3.85. The minimum atomic E-state index is -4.55. The van der Waals surface area contributed by atoms with Crippen LogP contribution < -0.4 is 5.32 Å². The Bertz CT molecular complexity index is 485. The van der Waals surface area contributed by atoms with Gasteiger partial charge < -0.3 is 10.4 Å². The van der Waals surface area contributed by atoms with Crippen molar-refractivity contribution in [2.75, 3.05) is 0 Å². The van der Waals surface area contributed by atoms with E-state index in [1.165, 1.54) is 6.07 Å². The molecule has 1 rings (SSSR count). The van der Waals surface area contributed by atoms with Crippen molar-refractivity contribution in [2.24, 2.45) is 0 Å². The van der Waals surface area contributed by atoms with Gasteiger partial charge in [-0.25, -0.2) is 4.79 Å². The maximum Gasteiger partial charge on any atom is 0.416 e. The first-order chi connectivity index (χ1) is 8.75. The predicted octanol–water partition coefficient (Wildman–Crippen LogP) is 2.30. The fourth-order valence-electron chi connectivity index (χ4n) is 1.42. The van der Waals surface area contributed by atoms with Crippen LogP contribution >= 0.6 is 0 Å². The minimum absolute atomic E-state index is 0.139. The lowest BCUT2D eigenvalue weighted by atomic mass is 10.1. The van der Waals surface area contributed by atoms with Gasteiger partial charge in [-0.15, -0.1) is 0 Å². The van der Waals surface area contributed by atoms with E-state index in [1.54, 1.807) is 6.92 Å². The molecule has 104 valence electrons. The summed E-state index contributed by atoms with van der Waals surface area (Å²) < 4.78 is 37.4. The molecule has 1 aromatic rings. The molecule has 4 nitrogen and oxygen atoms in total. The van der Waals surface area contributed by atoms with Crippen LogP contribution in [-0.4, -0.2) is 23.0 Å². The summed E-state index contributed by atoms with van der Waals surface area (Å²) in [5.74, 6) is -2.08. The first-order valence-corrected chi connectivity index (χ1v) is 5.46. The van der Waals surface area contributed by atoms with Crippen LogP contribution in [-0.2, 0) is 11.0 Å². The van der Waals surface area contributed by atoms with Gasteiger partial charge in [-0.1, -0.05) is 13.0 Å². The van der Waals surface area contributed by atoms with E-state index < -0.39 is 29.7 Å². The van der Waals surface area contributed by atoms with Crippen LogP contribution in [0.1, 0.15) is 29.3 Å². The van der Waals surface area contributed by atoms with Crippen LogP contribution in [0.25, 0.3) is 0 Å². The summed E-state index contributed by atoms with van der Waals surface area (Å²) in [6, 6.07) is 2.69. The molecule has 19 heavy (non-hydrogen) atoms. The Morgan fingerprint density at radius 3 is 2.47 bits per heavy atom. The largest absolute Gasteiger partial charge is 0.480 e. The molecular weight excluding hydrogens is 263 g/mol. The monoisotopic (exact) mass is 275 g/mol. The topological polar surface area (TPSA) is 66.4 Å². The highest BCUT2D eigenvalue weighted by atomic mass is 19.4. The number of hydrogen-bond donors (Lipinski definition) is 2. The molecular formula is C12H12F3NO3. The summed E-state index contributed by atoms with van der Waals surface area (Å²) in [7, 11) is 0. The first-order valence-electron chi connectivity index (χ1n) is 5.46. The molecule has 2 N–H and O–H groups in total. The second kappa shape index (κ2) is 5.73. The predicted molar refractivity (Wildman–Crippen MR) is 60.6 cm³/mol. The number of rotatable bonds is 4. The molecule has 0 aliphatic carbocycles. The number of alkyl halides is 3. The van der Waals surface area contributed by atoms with Gasteiger partial charge in [-0.3, -0.25) is 4.79 Å². The number of carbonyl (C=O) groups is 2. The number of carbonyl (C=O) groups excluding carboxylic acids is 1. The molecule has 0 saturated carbocycles. The van der Waals surface area contributed by atoms with Gasteiger partial charge >= 0.3 is 12.1 Å². The van der Waals surface area contributed by atoms with Crippen molar-refractivity contribution < 1.29 is 27.9 Å². The lowest BCUT2D eigenvalue weighted by molar-refractivity contribution is -0.139. The van der Waals surface area contributed by atoms with Crippen molar-refractivity contribution in [3.63, 3.8) is 0 Å². The fraction of sp³-hybridized carbons (Fsp3) is 0.333. The van der Waals surface area contributed by atoms with Gasteiger partial charge in [0, 0.05) is 5.56 Å². The zero-order valence-electron chi connectivity index (χ0n) is 9.99. The van der Waals surface area contributed by atoms with Crippen molar-refractivity contribution in [3.8, 4) is 0 Å². The maximum absolute atomic E-state index is 12.5. The Labute approximate surface area is 107 Å². The third-order valence-electron chi connectivity index (χ3n) is 2.46. The summed E-state index contributed by atoms with van der Waals surface area (Å²) in [6.07, 6.45) is -4.41. The molecule has 0 fully saturated rings. The molecule has 7 heteroatoms. The highest BCUT2D eigenvalue weighted by molar-refractivity contribution is 5.96. The normalized spacial score (nSPS) is 12.8. The minimum Gasteiger partial charge on any atom is -0.480 e. The van der Waals surface area contributed by atoms with Gasteiger partial charge in [0.2, 0.25) is 0 Å². The van der Waals surface area contributed by atoms with Crippen molar-refractivity contribution in [1.82, 2.24) is 5.32 Å². The number of nitrogens with one attached hydrogen (secondary N) is 1. The Hall–Kier alpha value is -2.05. The van der Waals surface area contributed by atoms with E-state index in [-0.39, 0.29) is 12.0 Å². The van der Waals surface area contributed by atoms with Crippen LogP contribution in [0.3, 0.4) is 0 Å². The molecule has 0 bridgehead atoms. The van der Waals surface area contributed by atoms with Crippen LogP contribution in [0.15, 0.2) is 24.3 Å². The van der Waals surface area contributed by atoms with Crippen molar-refractivity contribution >= 4 is 11.9 Å². The van der Waals surface area contributed by atoms with Gasteiger partial charge in [0.25, 0.3) is 5.91 Å². The Morgan fingerprint density at radius 2 is 2.00 bits per heavy atom. The van der Waals surface area contributed by atoms with Crippen LogP contribution in [0.5, 0.6) is 0 Å². The van der Waals surface area contributed by atoms with Gasteiger partial charge in [0.05, 0.1) is 5.56 Å². The smallest absolute Gasteiger partial charge is 0.416 e. The molecule has 0 aliphatic heterocycles. The zero-order chi connectivity index (χ0) is 14.6. The van der Waals surface area contributed by atoms with Crippen LogP contribution in [0.2, 0.25) is 0 Å². The molecule has 1 aromatic carbocycles. The summed E-state index contributed by atoms with van der Waals surface area (Å²) in [6.45, 7) is 1.55. The fourth-order valence-corrected chi connectivity index (χ4v) is 1.42. The number of hydrogen-bond acceptors (Lipinski definition) is 2. The molecule has 1 atom stereocenters. The summed E-state index contributed by atoms with van der Waals surface area (Å²) in [5.41, 5.74) is -1.18. The summed E-state index contributed by atoms with van der Waals surface area (Å²) >= 11 is 0. The van der Waals surface area contributed by atoms with Gasteiger partial charge in [0.1, 0.15) is 6.04 Å². The quantitative estimate of drug-likeness (QED) is 0.886. The number of carboxylic acid groups (broad SMARTS) is 1. The SMILES string of the molecule is CCC(NC(=O)c1cccc(C(F)(F)F)c1)C(=O)O. The second-order valence-corrected chi connectivity index (χ2v) is 3.85. The number of amides is 1. The third-order valence-corrected chi connectivity index (χ3v) is 2.46. The average Bonchev–Trinajstić information content (AvgIpc) is 2.34. The van der Waals surface area contributed by atoms with Gasteiger partial charge in [0.15, 0.2) is 0 Å². The molecule has 0 radical (unpaired) electrons. The van der Waals surface area contributed by atoms with E-state index in [1.807, 2.05) is 0 Å². The zero-order valence-corrected chi connectivity index (χ0v) is 9.99. The highest BCUT2D eigenvalue weighted by Crippen LogP contribution is 2.29. The standard InChI is InChI=1S/C12H12F3NO3/c1-2-9(11(18)19)16-10(17)7-4-3-5-8(6-7)12(13,14)15/h3-6,9H,2H2,1H3,(H,16,17)(H,18,19). The van der Waals surface area contributed by atoms with E-state index in [9.17, 15) is 22.8 Å². The van der Waals surface area contributed by atoms with E-state index in [0.29, 0.717) is 6.07 Å². The average molecular weight is 275 g/mol. The van der Waals surface area contributed by atoms with Crippen molar-refractivity contribution in [3.05, 3.63) is 35.4 Å². The Kier molecular flexibility index (Phi) is 4.52. The molecule has 0 aliphatic rings. The van der Waals surface area contributed by atoms with Crippen LogP contribution in [0.4, 0.5) is 13.2 Å². The first kappa shape index (κ1) is 15.0. The van der Waals surface area contributed by atoms with E-state index >= 15 is 0 Å². The Balaban J connectivity index is 2.92.